The SMILES string of the molecule is Cc1c(C(C)NS(=O)(=O)N2CCOC(C)(C)C2)cnn1C. The summed E-state index contributed by atoms with van der Waals surface area (Å²) in [5.74, 6) is 0. The van der Waals surface area contributed by atoms with E-state index in [0.29, 0.717) is 19.7 Å². The van der Waals surface area contributed by atoms with Crippen LogP contribution in [0, 0.1) is 6.92 Å². The number of hydrogen-bond acceptors (Lipinski definition) is 4. The molecule has 1 unspecified atom stereocenters. The molecule has 0 spiro atoms. The van der Waals surface area contributed by atoms with Gasteiger partial charge in [-0.05, 0) is 27.7 Å². The van der Waals surface area contributed by atoms with Gasteiger partial charge in [-0.25, -0.2) is 0 Å². The van der Waals surface area contributed by atoms with Gasteiger partial charge in [0, 0.05) is 37.4 Å². The van der Waals surface area contributed by atoms with Crippen LogP contribution in [0.4, 0.5) is 0 Å². The lowest BCUT2D eigenvalue weighted by Gasteiger charge is -2.37. The molecule has 1 N–H and O–H groups in total. The number of nitrogens with one attached hydrogen (secondary N) is 1. The zero-order valence-corrected chi connectivity index (χ0v) is 14.1. The van der Waals surface area contributed by atoms with Crippen molar-refractivity contribution in [3.8, 4) is 0 Å². The van der Waals surface area contributed by atoms with Gasteiger partial charge in [0.2, 0.25) is 0 Å². The first kappa shape index (κ1) is 16.4. The predicted molar refractivity (Wildman–Crippen MR) is 80.0 cm³/mol. The Kier molecular flexibility index (Phi) is 4.44. The first-order valence-electron chi connectivity index (χ1n) is 7.02. The molecule has 0 saturated carbocycles. The van der Waals surface area contributed by atoms with E-state index >= 15 is 0 Å². The van der Waals surface area contributed by atoms with Crippen LogP contribution < -0.4 is 4.72 Å². The first-order valence-corrected chi connectivity index (χ1v) is 8.46. The van der Waals surface area contributed by atoms with Gasteiger partial charge in [0.1, 0.15) is 0 Å². The number of morpholine rings is 1. The van der Waals surface area contributed by atoms with E-state index < -0.39 is 15.8 Å². The molecule has 2 heterocycles. The standard InChI is InChI=1S/C13H24N4O3S/c1-10(12-8-14-16(5)11(12)2)15-21(18,19)17-6-7-20-13(3,4)9-17/h8,10,15H,6-7,9H2,1-5H3. The third-order valence-corrected chi connectivity index (χ3v) is 5.44. The largest absolute Gasteiger partial charge is 0.373 e. The number of aryl methyl sites for hydroxylation is 1. The van der Waals surface area contributed by atoms with Crippen LogP contribution in [0.3, 0.4) is 0 Å². The first-order chi connectivity index (χ1) is 9.62. The van der Waals surface area contributed by atoms with Gasteiger partial charge in [-0.2, -0.15) is 22.5 Å². The van der Waals surface area contributed by atoms with E-state index in [1.807, 2.05) is 34.7 Å². The van der Waals surface area contributed by atoms with E-state index in [4.69, 9.17) is 4.74 Å². The van der Waals surface area contributed by atoms with Gasteiger partial charge < -0.3 is 4.74 Å². The second kappa shape index (κ2) is 5.68. The van der Waals surface area contributed by atoms with Crippen LogP contribution in [0.5, 0.6) is 0 Å². The van der Waals surface area contributed by atoms with Gasteiger partial charge in [-0.3, -0.25) is 4.68 Å². The summed E-state index contributed by atoms with van der Waals surface area (Å²) >= 11 is 0. The summed E-state index contributed by atoms with van der Waals surface area (Å²) in [7, 11) is -1.71. The Morgan fingerprint density at radius 2 is 2.14 bits per heavy atom. The molecule has 21 heavy (non-hydrogen) atoms. The van der Waals surface area contributed by atoms with Gasteiger partial charge in [0.15, 0.2) is 0 Å². The van der Waals surface area contributed by atoms with Crippen LogP contribution in [-0.2, 0) is 22.0 Å². The fourth-order valence-corrected chi connectivity index (χ4v) is 4.00. The molecular formula is C13H24N4O3S. The Balaban J connectivity index is 2.12. The molecule has 0 aromatic carbocycles. The van der Waals surface area contributed by atoms with Crippen LogP contribution in [-0.4, -0.2) is 47.8 Å². The average Bonchev–Trinajstić information content (AvgIpc) is 2.68. The molecule has 1 aromatic heterocycles. The summed E-state index contributed by atoms with van der Waals surface area (Å²) in [6.07, 6.45) is 1.70. The number of ether oxygens (including phenoxy) is 1. The van der Waals surface area contributed by atoms with Crippen molar-refractivity contribution in [2.24, 2.45) is 7.05 Å². The van der Waals surface area contributed by atoms with Gasteiger partial charge in [-0.1, -0.05) is 0 Å². The molecule has 1 fully saturated rings. The molecule has 1 saturated heterocycles. The van der Waals surface area contributed by atoms with Crippen molar-refractivity contribution in [3.63, 3.8) is 0 Å². The lowest BCUT2D eigenvalue weighted by Crippen LogP contribution is -2.53. The highest BCUT2D eigenvalue weighted by Gasteiger charge is 2.34. The molecule has 1 aliphatic heterocycles. The summed E-state index contributed by atoms with van der Waals surface area (Å²) in [5, 5.41) is 4.15. The molecule has 120 valence electrons. The smallest absolute Gasteiger partial charge is 0.280 e. The Morgan fingerprint density at radius 3 is 2.67 bits per heavy atom. The lowest BCUT2D eigenvalue weighted by atomic mass is 10.1. The van der Waals surface area contributed by atoms with Gasteiger partial charge in [0.25, 0.3) is 10.2 Å². The van der Waals surface area contributed by atoms with Crippen molar-refractivity contribution in [2.45, 2.75) is 39.3 Å². The van der Waals surface area contributed by atoms with Crippen LogP contribution in [0.15, 0.2) is 6.20 Å². The summed E-state index contributed by atoms with van der Waals surface area (Å²) in [4.78, 5) is 0. The fourth-order valence-electron chi connectivity index (χ4n) is 2.48. The molecule has 1 aliphatic rings. The van der Waals surface area contributed by atoms with Gasteiger partial charge in [0.05, 0.1) is 18.4 Å². The van der Waals surface area contributed by atoms with Crippen molar-refractivity contribution < 1.29 is 13.2 Å². The Labute approximate surface area is 126 Å². The quantitative estimate of drug-likeness (QED) is 0.888. The summed E-state index contributed by atoms with van der Waals surface area (Å²) in [5.41, 5.74) is 1.38. The maximum Gasteiger partial charge on any atom is 0.280 e. The van der Waals surface area contributed by atoms with E-state index in [1.54, 1.807) is 10.9 Å². The van der Waals surface area contributed by atoms with Crippen molar-refractivity contribution in [3.05, 3.63) is 17.5 Å². The fraction of sp³-hybridized carbons (Fsp3) is 0.769. The summed E-state index contributed by atoms with van der Waals surface area (Å²) < 4.78 is 36.5. The maximum absolute atomic E-state index is 12.5. The second-order valence-corrected chi connectivity index (χ2v) is 7.80. The zero-order chi connectivity index (χ0) is 15.8. The van der Waals surface area contributed by atoms with Crippen LogP contribution in [0.1, 0.15) is 38.1 Å². The number of nitrogens with zero attached hydrogens (tertiary/aromatic N) is 3. The lowest BCUT2D eigenvalue weighted by molar-refractivity contribution is -0.0643. The Bertz CT molecular complexity index is 609. The minimum absolute atomic E-state index is 0.324. The topological polar surface area (TPSA) is 76.5 Å². The highest BCUT2D eigenvalue weighted by molar-refractivity contribution is 7.87. The van der Waals surface area contributed by atoms with E-state index in [2.05, 4.69) is 9.82 Å². The summed E-state index contributed by atoms with van der Waals surface area (Å²) in [6.45, 7) is 8.66. The zero-order valence-electron chi connectivity index (χ0n) is 13.3. The third kappa shape index (κ3) is 3.63. The molecule has 1 atom stereocenters. The van der Waals surface area contributed by atoms with Crippen LogP contribution in [0.25, 0.3) is 0 Å². The minimum atomic E-state index is -3.54. The molecular weight excluding hydrogens is 292 g/mol. The molecule has 0 amide bonds. The number of rotatable bonds is 4. The van der Waals surface area contributed by atoms with Crippen molar-refractivity contribution in [2.75, 3.05) is 19.7 Å². The predicted octanol–water partition coefficient (Wildman–Crippen LogP) is 0.735. The molecule has 0 bridgehead atoms. The van der Waals surface area contributed by atoms with Crippen LogP contribution in [0.2, 0.25) is 0 Å². The van der Waals surface area contributed by atoms with Gasteiger partial charge in [-0.15, -0.1) is 0 Å². The van der Waals surface area contributed by atoms with Crippen molar-refractivity contribution in [1.29, 1.82) is 0 Å². The van der Waals surface area contributed by atoms with Gasteiger partial charge >= 0.3 is 0 Å². The van der Waals surface area contributed by atoms with Crippen LogP contribution >= 0.6 is 0 Å². The monoisotopic (exact) mass is 316 g/mol. The van der Waals surface area contributed by atoms with E-state index in [0.717, 1.165) is 11.3 Å². The molecule has 2 rings (SSSR count). The average molecular weight is 316 g/mol. The van der Waals surface area contributed by atoms with Crippen molar-refractivity contribution >= 4 is 10.2 Å². The van der Waals surface area contributed by atoms with E-state index in [1.165, 1.54) is 4.31 Å². The second-order valence-electron chi connectivity index (χ2n) is 6.10. The Morgan fingerprint density at radius 1 is 1.48 bits per heavy atom. The normalized spacial score (nSPS) is 21.4. The van der Waals surface area contributed by atoms with E-state index in [-0.39, 0.29) is 6.04 Å². The number of hydrogen-bond donors (Lipinski definition) is 1. The molecule has 0 aliphatic carbocycles. The Hall–Kier alpha value is -0.960. The molecule has 0 radical (unpaired) electrons. The third-order valence-electron chi connectivity index (χ3n) is 3.80. The molecule has 1 aromatic rings. The highest BCUT2D eigenvalue weighted by atomic mass is 32.2. The molecule has 8 heteroatoms. The van der Waals surface area contributed by atoms with Crippen molar-refractivity contribution in [1.82, 2.24) is 18.8 Å². The minimum Gasteiger partial charge on any atom is -0.373 e. The van der Waals surface area contributed by atoms with E-state index in [9.17, 15) is 8.42 Å². The maximum atomic E-state index is 12.5. The summed E-state index contributed by atoms with van der Waals surface area (Å²) in [6, 6.07) is -0.324. The molecule has 7 nitrogen and oxygen atoms in total. The highest BCUT2D eigenvalue weighted by Crippen LogP contribution is 2.21. The number of aromatic nitrogens is 2.